The van der Waals surface area contributed by atoms with Crippen LogP contribution < -0.4 is 3.79 Å². The number of nitrogens with zero attached hydrogens (tertiary/aromatic N) is 3. The van der Waals surface area contributed by atoms with Crippen molar-refractivity contribution in [2.45, 2.75) is 0 Å². The number of hydrogen-bond donors (Lipinski definition) is 0. The Labute approximate surface area is 221 Å². The smallest absolute Gasteiger partial charge is 0.482 e. The van der Waals surface area contributed by atoms with Crippen molar-refractivity contribution in [3.8, 4) is 37.5 Å². The second kappa shape index (κ2) is 8.52. The third-order valence-electron chi connectivity index (χ3n) is 5.83. The van der Waals surface area contributed by atoms with E-state index in [1.807, 2.05) is 36.4 Å². The summed E-state index contributed by atoms with van der Waals surface area (Å²) in [7, 11) is 0. The first-order valence-electron chi connectivity index (χ1n) is 10.9. The van der Waals surface area contributed by atoms with Crippen LogP contribution in [0.4, 0.5) is 0 Å². The molecule has 2 radical (unpaired) electrons. The van der Waals surface area contributed by atoms with Crippen molar-refractivity contribution in [1.29, 1.82) is 0 Å². The predicted molar refractivity (Wildman–Crippen MR) is 149 cm³/mol. The molecular formula is C27H14AlN3OS3. The first-order valence-corrected chi connectivity index (χ1v) is 13.8. The van der Waals surface area contributed by atoms with Gasteiger partial charge in [-0.25, -0.2) is 15.0 Å². The molecule has 35 heavy (non-hydrogen) atoms. The zero-order valence-electron chi connectivity index (χ0n) is 18.1. The number of fused-ring (bicyclic) bond motifs is 3. The van der Waals surface area contributed by atoms with Crippen LogP contribution >= 0.6 is 34.0 Å². The fourth-order valence-electron chi connectivity index (χ4n) is 4.24. The lowest BCUT2D eigenvalue weighted by atomic mass is 10.0. The van der Waals surface area contributed by atoms with Crippen molar-refractivity contribution in [3.05, 3.63) is 84.9 Å². The molecule has 0 fully saturated rings. The molecule has 0 saturated carbocycles. The van der Waals surface area contributed by atoms with E-state index in [-0.39, 0.29) is 0 Å². The Bertz CT molecular complexity index is 1770. The molecule has 0 atom stereocenters. The van der Waals surface area contributed by atoms with E-state index in [9.17, 15) is 0 Å². The van der Waals surface area contributed by atoms with E-state index in [1.165, 1.54) is 0 Å². The summed E-state index contributed by atoms with van der Waals surface area (Å²) >= 11 is 7.43. The third kappa shape index (κ3) is 3.58. The van der Waals surface area contributed by atoms with Crippen molar-refractivity contribution in [1.82, 2.24) is 15.0 Å². The number of para-hydroxylation sites is 3. The standard InChI is InChI=1S/C27H15N3OS3.Al/c31-19-14-13-15(25-28-16-7-1-4-10-20(16)32-25)23(26-29-17-8-2-5-11-21(17)33-26)24(19)27-30-18-9-3-6-12-22(18)34-27;/h1-14,31H;/q;+1/p-1. The minimum atomic E-state index is 0.744. The second-order valence-electron chi connectivity index (χ2n) is 7.94. The van der Waals surface area contributed by atoms with Gasteiger partial charge in [0.1, 0.15) is 15.0 Å². The van der Waals surface area contributed by atoms with E-state index >= 15 is 0 Å². The van der Waals surface area contributed by atoms with Gasteiger partial charge in [-0.1, -0.05) is 36.4 Å². The topological polar surface area (TPSA) is 47.9 Å². The molecule has 0 unspecified atom stereocenters. The van der Waals surface area contributed by atoms with Gasteiger partial charge in [-0.2, -0.15) is 0 Å². The van der Waals surface area contributed by atoms with Crippen LogP contribution in [0.15, 0.2) is 84.9 Å². The van der Waals surface area contributed by atoms with Gasteiger partial charge in [0.15, 0.2) is 0 Å². The highest BCUT2D eigenvalue weighted by Crippen LogP contribution is 2.49. The van der Waals surface area contributed by atoms with Crippen molar-refractivity contribution in [3.63, 3.8) is 0 Å². The Morgan fingerprint density at radius 3 is 1.49 bits per heavy atom. The number of rotatable bonds is 4. The Morgan fingerprint density at radius 2 is 0.971 bits per heavy atom. The van der Waals surface area contributed by atoms with Gasteiger partial charge >= 0.3 is 16.6 Å². The SMILES string of the molecule is [Al][O]c1ccc(-c2nc3ccccc3s2)c(-c2nc3ccccc3s2)c1-c1nc2ccccc2s1. The first kappa shape index (κ1) is 21.2. The van der Waals surface area contributed by atoms with E-state index in [0.717, 1.165) is 68.1 Å². The molecule has 0 N–H and O–H groups in total. The van der Waals surface area contributed by atoms with E-state index in [4.69, 9.17) is 18.7 Å². The maximum Gasteiger partial charge on any atom is 0.482 e. The zero-order valence-corrected chi connectivity index (χ0v) is 21.7. The normalized spacial score (nSPS) is 11.5. The minimum absolute atomic E-state index is 0.744. The Balaban J connectivity index is 1.58. The monoisotopic (exact) mass is 519 g/mol. The fourth-order valence-corrected chi connectivity index (χ4v) is 7.49. The molecule has 164 valence electrons. The first-order chi connectivity index (χ1) is 17.3. The lowest BCUT2D eigenvalue weighted by Crippen LogP contribution is -1.95. The van der Waals surface area contributed by atoms with Gasteiger partial charge in [0.05, 0.1) is 42.0 Å². The minimum Gasteiger partial charge on any atom is -0.653 e. The summed E-state index contributed by atoms with van der Waals surface area (Å²) in [5.41, 5.74) is 5.93. The molecular weight excluding hydrogens is 506 g/mol. The van der Waals surface area contributed by atoms with E-state index in [2.05, 4.69) is 65.2 Å². The van der Waals surface area contributed by atoms with E-state index in [1.54, 1.807) is 34.0 Å². The van der Waals surface area contributed by atoms with Crippen LogP contribution in [0.2, 0.25) is 0 Å². The molecule has 0 amide bonds. The van der Waals surface area contributed by atoms with E-state index in [0.29, 0.717) is 0 Å². The summed E-state index contributed by atoms with van der Waals surface area (Å²) < 4.78 is 9.26. The summed E-state index contributed by atoms with van der Waals surface area (Å²) in [5, 5.41) is 2.79. The van der Waals surface area contributed by atoms with Crippen LogP contribution in [0.1, 0.15) is 0 Å². The molecule has 8 heteroatoms. The molecule has 0 saturated heterocycles. The maximum absolute atomic E-state index is 5.82. The summed E-state index contributed by atoms with van der Waals surface area (Å²) in [6.45, 7) is 0. The highest BCUT2D eigenvalue weighted by Gasteiger charge is 2.25. The van der Waals surface area contributed by atoms with Gasteiger partial charge in [-0.15, -0.1) is 34.0 Å². The molecule has 4 aromatic carbocycles. The Kier molecular flexibility index (Phi) is 5.16. The van der Waals surface area contributed by atoms with Gasteiger partial charge in [-0.05, 0) is 48.5 Å². The second-order valence-corrected chi connectivity index (χ2v) is 11.3. The van der Waals surface area contributed by atoms with Gasteiger partial charge in [0.25, 0.3) is 0 Å². The van der Waals surface area contributed by atoms with Crippen molar-refractivity contribution in [2.75, 3.05) is 0 Å². The summed E-state index contributed by atoms with van der Waals surface area (Å²) in [6, 6.07) is 28.8. The third-order valence-corrected chi connectivity index (χ3v) is 9.27. The average Bonchev–Trinajstić information content (AvgIpc) is 3.63. The van der Waals surface area contributed by atoms with Crippen LogP contribution in [0, 0.1) is 0 Å². The van der Waals surface area contributed by atoms with Crippen LogP contribution in [0.5, 0.6) is 5.75 Å². The van der Waals surface area contributed by atoms with Gasteiger partial charge < -0.3 is 3.79 Å². The van der Waals surface area contributed by atoms with Crippen molar-refractivity contribution in [2.24, 2.45) is 0 Å². The quantitative estimate of drug-likeness (QED) is 0.221. The van der Waals surface area contributed by atoms with Gasteiger partial charge in [0, 0.05) is 11.1 Å². The highest BCUT2D eigenvalue weighted by atomic mass is 32.1. The number of aromatic nitrogens is 3. The molecule has 0 bridgehead atoms. The molecule has 0 aliphatic carbocycles. The van der Waals surface area contributed by atoms with Crippen LogP contribution in [-0.4, -0.2) is 31.6 Å². The highest BCUT2D eigenvalue weighted by molar-refractivity contribution is 7.23. The Morgan fingerprint density at radius 1 is 0.514 bits per heavy atom. The molecule has 0 spiro atoms. The molecule has 0 aliphatic heterocycles. The van der Waals surface area contributed by atoms with Gasteiger partial charge in [-0.3, -0.25) is 0 Å². The zero-order chi connectivity index (χ0) is 23.4. The molecule has 3 aromatic heterocycles. The van der Waals surface area contributed by atoms with Crippen molar-refractivity contribution >= 4 is 81.3 Å². The molecule has 7 aromatic rings. The van der Waals surface area contributed by atoms with Crippen LogP contribution in [0.3, 0.4) is 0 Å². The van der Waals surface area contributed by atoms with Crippen LogP contribution in [0.25, 0.3) is 62.4 Å². The summed E-state index contributed by atoms with van der Waals surface area (Å²) in [4.78, 5) is 15.0. The lowest BCUT2D eigenvalue weighted by molar-refractivity contribution is 0.619. The molecule has 4 nitrogen and oxygen atoms in total. The largest absolute Gasteiger partial charge is 0.653 e. The number of thiazole rings is 3. The molecule has 0 aliphatic rings. The van der Waals surface area contributed by atoms with E-state index < -0.39 is 0 Å². The lowest BCUT2D eigenvalue weighted by Gasteiger charge is -2.15. The summed E-state index contributed by atoms with van der Waals surface area (Å²) in [5.74, 6) is 0.744. The average molecular weight is 520 g/mol. The Hall–Kier alpha value is -3.12. The molecule has 3 heterocycles. The van der Waals surface area contributed by atoms with Gasteiger partial charge in [0.2, 0.25) is 0 Å². The summed E-state index contributed by atoms with van der Waals surface area (Å²) in [6.07, 6.45) is 0. The van der Waals surface area contributed by atoms with Crippen molar-refractivity contribution < 1.29 is 3.79 Å². The predicted octanol–water partition coefficient (Wildman–Crippen LogP) is 7.98. The number of hydrogen-bond acceptors (Lipinski definition) is 7. The maximum atomic E-state index is 5.82. The van der Waals surface area contributed by atoms with Crippen LogP contribution in [-0.2, 0) is 0 Å². The number of benzene rings is 4. The fraction of sp³-hybridized carbons (Fsp3) is 0. The molecule has 7 rings (SSSR count).